The van der Waals surface area contributed by atoms with Crippen molar-refractivity contribution in [1.29, 1.82) is 0 Å². The Bertz CT molecular complexity index is 1350. The maximum Gasteiger partial charge on any atom is 0.416 e. The molecule has 157 valence electrons. The Morgan fingerprint density at radius 2 is 1.35 bits per heavy atom. The summed E-state index contributed by atoms with van der Waals surface area (Å²) in [6, 6.07) is 17.9. The van der Waals surface area contributed by atoms with Gasteiger partial charge in [-0.2, -0.15) is 13.2 Å². The number of alkyl halides is 3. The number of para-hydroxylation sites is 1. The maximum absolute atomic E-state index is 13.1. The van der Waals surface area contributed by atoms with Crippen molar-refractivity contribution in [1.82, 2.24) is 9.97 Å². The van der Waals surface area contributed by atoms with Crippen LogP contribution in [0.15, 0.2) is 79.1 Å². The van der Waals surface area contributed by atoms with Crippen molar-refractivity contribution in [3.8, 4) is 5.75 Å². The number of rotatable bonds is 3. The fourth-order valence-corrected chi connectivity index (χ4v) is 3.88. The molecule has 0 atom stereocenters. The number of H-pyrrole nitrogens is 2. The van der Waals surface area contributed by atoms with Crippen molar-refractivity contribution in [2.75, 3.05) is 0 Å². The minimum absolute atomic E-state index is 0. The van der Waals surface area contributed by atoms with Gasteiger partial charge in [-0.3, -0.25) is 0 Å². The second-order valence-corrected chi connectivity index (χ2v) is 7.13. The standard InChI is InChI=1S/C24H16F3N2O.ClH/c25-24(26,27)15-7-5-14(6-8-15)23(19-12-28-21-4-2-1-3-17(19)21)20-13-29-22-10-9-16(30)11-18(20)22;/h1-13,28-30H;1H. The molecule has 3 aromatic carbocycles. The summed E-state index contributed by atoms with van der Waals surface area (Å²) in [7, 11) is 0. The highest BCUT2D eigenvalue weighted by atomic mass is 35.5. The second kappa shape index (κ2) is 7.71. The van der Waals surface area contributed by atoms with Crippen LogP contribution >= 0.6 is 12.4 Å². The quantitative estimate of drug-likeness (QED) is 0.283. The zero-order chi connectivity index (χ0) is 20.9. The SMILES string of the molecule is Cl.Oc1ccc2[nH]cc([C](c3ccc(C(F)(F)F)cc3)c3c[nH]c4ccccc34)c2c1. The lowest BCUT2D eigenvalue weighted by Crippen LogP contribution is -2.07. The van der Waals surface area contributed by atoms with Gasteiger partial charge in [0.15, 0.2) is 0 Å². The van der Waals surface area contributed by atoms with Gasteiger partial charge in [0.25, 0.3) is 0 Å². The van der Waals surface area contributed by atoms with Gasteiger partial charge < -0.3 is 15.1 Å². The first-order valence-electron chi connectivity index (χ1n) is 9.33. The normalized spacial score (nSPS) is 11.9. The van der Waals surface area contributed by atoms with E-state index < -0.39 is 11.7 Å². The average Bonchev–Trinajstić information content (AvgIpc) is 3.33. The maximum atomic E-state index is 13.1. The van der Waals surface area contributed by atoms with Crippen LogP contribution in [0.2, 0.25) is 0 Å². The summed E-state index contributed by atoms with van der Waals surface area (Å²) >= 11 is 0. The lowest BCUT2D eigenvalue weighted by molar-refractivity contribution is -0.137. The number of hydrogen-bond acceptors (Lipinski definition) is 1. The highest BCUT2D eigenvalue weighted by molar-refractivity contribution is 5.93. The zero-order valence-electron chi connectivity index (χ0n) is 16.0. The molecule has 0 saturated carbocycles. The molecule has 2 aromatic heterocycles. The number of halogens is 4. The van der Waals surface area contributed by atoms with E-state index in [0.29, 0.717) is 5.56 Å². The molecule has 0 fully saturated rings. The summed E-state index contributed by atoms with van der Waals surface area (Å²) in [6.45, 7) is 0. The molecule has 3 nitrogen and oxygen atoms in total. The molecule has 0 spiro atoms. The van der Waals surface area contributed by atoms with Crippen LogP contribution < -0.4 is 0 Å². The van der Waals surface area contributed by atoms with Gasteiger partial charge in [0, 0.05) is 34.2 Å². The molecule has 3 N–H and O–H groups in total. The number of nitrogens with one attached hydrogen (secondary N) is 2. The van der Waals surface area contributed by atoms with E-state index in [1.54, 1.807) is 18.2 Å². The van der Waals surface area contributed by atoms with Crippen LogP contribution in [0.25, 0.3) is 21.8 Å². The molecule has 0 aliphatic carbocycles. The van der Waals surface area contributed by atoms with Crippen LogP contribution in [0, 0.1) is 5.92 Å². The molecule has 2 heterocycles. The highest BCUT2D eigenvalue weighted by Gasteiger charge is 2.31. The molecule has 0 aliphatic heterocycles. The van der Waals surface area contributed by atoms with Gasteiger partial charge in [-0.25, -0.2) is 0 Å². The van der Waals surface area contributed by atoms with E-state index in [4.69, 9.17) is 0 Å². The number of benzene rings is 3. The predicted molar refractivity (Wildman–Crippen MR) is 118 cm³/mol. The Morgan fingerprint density at radius 3 is 2.03 bits per heavy atom. The highest BCUT2D eigenvalue weighted by Crippen LogP contribution is 2.40. The number of aromatic hydroxyl groups is 1. The molecule has 7 heteroatoms. The van der Waals surface area contributed by atoms with Crippen molar-refractivity contribution in [2.45, 2.75) is 6.18 Å². The van der Waals surface area contributed by atoms with Crippen molar-refractivity contribution in [3.63, 3.8) is 0 Å². The Kier molecular flexibility index (Phi) is 5.19. The molecule has 0 amide bonds. The van der Waals surface area contributed by atoms with Gasteiger partial charge in [-0.1, -0.05) is 30.3 Å². The first-order valence-corrected chi connectivity index (χ1v) is 9.33. The molecule has 0 aliphatic rings. The summed E-state index contributed by atoms with van der Waals surface area (Å²) in [5, 5.41) is 11.7. The van der Waals surface area contributed by atoms with E-state index in [2.05, 4.69) is 9.97 Å². The van der Waals surface area contributed by atoms with Crippen LogP contribution in [0.1, 0.15) is 22.3 Å². The van der Waals surface area contributed by atoms with Crippen LogP contribution in [-0.2, 0) is 6.18 Å². The van der Waals surface area contributed by atoms with E-state index >= 15 is 0 Å². The third-order valence-electron chi connectivity index (χ3n) is 5.29. The number of hydrogen-bond donors (Lipinski definition) is 3. The molecule has 5 rings (SSSR count). The largest absolute Gasteiger partial charge is 0.508 e. The van der Waals surface area contributed by atoms with Gasteiger partial charge in [0.1, 0.15) is 5.75 Å². The molecule has 0 unspecified atom stereocenters. The lowest BCUT2D eigenvalue weighted by Gasteiger charge is -2.17. The monoisotopic (exact) mass is 441 g/mol. The number of aromatic nitrogens is 2. The predicted octanol–water partition coefficient (Wildman–Crippen LogP) is 6.81. The molecule has 1 radical (unpaired) electrons. The van der Waals surface area contributed by atoms with Crippen LogP contribution in [-0.4, -0.2) is 15.1 Å². The third-order valence-corrected chi connectivity index (χ3v) is 5.29. The van der Waals surface area contributed by atoms with Crippen molar-refractivity contribution in [2.24, 2.45) is 0 Å². The summed E-state index contributed by atoms with van der Waals surface area (Å²) in [5.74, 6) is 0.895. The van der Waals surface area contributed by atoms with E-state index in [0.717, 1.165) is 51.0 Å². The third kappa shape index (κ3) is 3.64. The zero-order valence-corrected chi connectivity index (χ0v) is 16.8. The molecular formula is C24H17ClF3N2O. The number of phenols is 1. The molecular weight excluding hydrogens is 425 g/mol. The molecule has 5 aromatic rings. The van der Waals surface area contributed by atoms with Gasteiger partial charge >= 0.3 is 6.18 Å². The fraction of sp³-hybridized carbons (Fsp3) is 0.0417. The second-order valence-electron chi connectivity index (χ2n) is 7.13. The fourth-order valence-electron chi connectivity index (χ4n) is 3.88. The van der Waals surface area contributed by atoms with Crippen molar-refractivity contribution in [3.05, 3.63) is 107 Å². The topological polar surface area (TPSA) is 51.8 Å². The Hall–Kier alpha value is -3.38. The Labute approximate surface area is 182 Å². The summed E-state index contributed by atoms with van der Waals surface area (Å²) in [5.41, 5.74) is 3.38. The van der Waals surface area contributed by atoms with Gasteiger partial charge in [-0.05, 0) is 53.1 Å². The first-order chi connectivity index (χ1) is 14.4. The lowest BCUT2D eigenvalue weighted by atomic mass is 9.84. The van der Waals surface area contributed by atoms with Gasteiger partial charge in [0.05, 0.1) is 11.5 Å². The van der Waals surface area contributed by atoms with Gasteiger partial charge in [-0.15, -0.1) is 12.4 Å². The van der Waals surface area contributed by atoms with Crippen LogP contribution in [0.5, 0.6) is 5.75 Å². The molecule has 0 bridgehead atoms. The number of phenolic OH excluding ortho intramolecular Hbond substituents is 1. The van der Waals surface area contributed by atoms with E-state index in [1.165, 1.54) is 12.1 Å². The Balaban J connectivity index is 0.00000231. The van der Waals surface area contributed by atoms with Crippen molar-refractivity contribution < 1.29 is 18.3 Å². The first kappa shape index (κ1) is 20.9. The van der Waals surface area contributed by atoms with Crippen molar-refractivity contribution >= 4 is 34.2 Å². The average molecular weight is 442 g/mol. The van der Waals surface area contributed by atoms with E-state index in [-0.39, 0.29) is 18.2 Å². The van der Waals surface area contributed by atoms with Crippen LogP contribution in [0.4, 0.5) is 13.2 Å². The number of fused-ring (bicyclic) bond motifs is 2. The van der Waals surface area contributed by atoms with Gasteiger partial charge in [0.2, 0.25) is 0 Å². The Morgan fingerprint density at radius 1 is 0.742 bits per heavy atom. The minimum atomic E-state index is -4.40. The van der Waals surface area contributed by atoms with Crippen LogP contribution in [0.3, 0.4) is 0 Å². The van der Waals surface area contributed by atoms with E-state index in [1.807, 2.05) is 36.7 Å². The van der Waals surface area contributed by atoms with E-state index in [9.17, 15) is 18.3 Å². The molecule has 0 saturated heterocycles. The summed E-state index contributed by atoms with van der Waals surface area (Å²) < 4.78 is 39.3. The number of aromatic amines is 2. The minimum Gasteiger partial charge on any atom is -0.508 e. The smallest absolute Gasteiger partial charge is 0.416 e. The summed E-state index contributed by atoms with van der Waals surface area (Å²) in [4.78, 5) is 6.42. The summed E-state index contributed by atoms with van der Waals surface area (Å²) in [6.07, 6.45) is -0.718. The molecule has 31 heavy (non-hydrogen) atoms.